The number of hydrazone groups is 1. The van der Waals surface area contributed by atoms with Crippen molar-refractivity contribution in [1.82, 2.24) is 0 Å². The van der Waals surface area contributed by atoms with Gasteiger partial charge in [0.1, 0.15) is 5.69 Å². The summed E-state index contributed by atoms with van der Waals surface area (Å²) in [6.45, 7) is 4.24. The fraction of sp³-hybridized carbons (Fsp3) is 0.350. The Morgan fingerprint density at radius 1 is 1.11 bits per heavy atom. The van der Waals surface area contributed by atoms with Crippen molar-refractivity contribution in [1.29, 1.82) is 0 Å². The van der Waals surface area contributed by atoms with Crippen molar-refractivity contribution >= 4 is 22.8 Å². The average Bonchev–Trinajstić information content (AvgIpc) is 2.68. The molecule has 1 N–H and O–H groups in total. The van der Waals surface area contributed by atoms with Gasteiger partial charge in [-0.3, -0.25) is 25.7 Å². The van der Waals surface area contributed by atoms with E-state index in [1.165, 1.54) is 12.1 Å². The number of nitrogens with zero attached hydrogens (tertiary/aromatic N) is 3. The zero-order chi connectivity index (χ0) is 20.3. The number of hydrogen-bond acceptors (Lipinski definition) is 6. The number of non-ortho nitro benzene ring substituents is 1. The largest absolute Gasteiger partial charge is 0.301 e. The highest BCUT2D eigenvalue weighted by atomic mass is 16.6. The SMILES string of the molecule is CC1CCCC(C)(c2ccccc2)/C1=N/Nc1ccc([N+](=O)[O-])cc1[N+](=O)[O-]. The Kier molecular flexibility index (Phi) is 5.39. The molecule has 2 unspecified atom stereocenters. The third-order valence-electron chi connectivity index (χ3n) is 5.44. The van der Waals surface area contributed by atoms with Crippen molar-refractivity contribution in [3.05, 3.63) is 74.3 Å². The lowest BCUT2D eigenvalue weighted by molar-refractivity contribution is -0.393. The van der Waals surface area contributed by atoms with Crippen molar-refractivity contribution in [3.8, 4) is 0 Å². The summed E-state index contributed by atoms with van der Waals surface area (Å²) < 4.78 is 0. The van der Waals surface area contributed by atoms with Gasteiger partial charge in [0.2, 0.25) is 0 Å². The Morgan fingerprint density at radius 2 is 1.82 bits per heavy atom. The lowest BCUT2D eigenvalue weighted by Crippen LogP contribution is -2.41. The molecule has 2 aromatic rings. The molecule has 1 saturated carbocycles. The lowest BCUT2D eigenvalue weighted by atomic mass is 9.66. The van der Waals surface area contributed by atoms with Crippen molar-refractivity contribution in [3.63, 3.8) is 0 Å². The molecule has 146 valence electrons. The third kappa shape index (κ3) is 3.71. The number of nitro benzene ring substituents is 2. The van der Waals surface area contributed by atoms with Gasteiger partial charge in [-0.25, -0.2) is 0 Å². The summed E-state index contributed by atoms with van der Waals surface area (Å²) in [6, 6.07) is 13.6. The van der Waals surface area contributed by atoms with Crippen LogP contribution in [-0.4, -0.2) is 15.6 Å². The van der Waals surface area contributed by atoms with E-state index < -0.39 is 9.85 Å². The molecule has 0 saturated heterocycles. The Balaban J connectivity index is 1.99. The van der Waals surface area contributed by atoms with Crippen LogP contribution in [0.1, 0.15) is 38.7 Å². The Bertz CT molecular complexity index is 929. The van der Waals surface area contributed by atoms with E-state index in [2.05, 4.69) is 36.5 Å². The zero-order valence-electron chi connectivity index (χ0n) is 15.8. The summed E-state index contributed by atoms with van der Waals surface area (Å²) >= 11 is 0. The molecule has 0 bridgehead atoms. The van der Waals surface area contributed by atoms with Crippen molar-refractivity contribution < 1.29 is 9.85 Å². The highest BCUT2D eigenvalue weighted by molar-refractivity contribution is 5.97. The molecule has 0 aromatic heterocycles. The zero-order valence-corrected chi connectivity index (χ0v) is 15.8. The van der Waals surface area contributed by atoms with Gasteiger partial charge in [0.05, 0.1) is 21.6 Å². The first-order chi connectivity index (χ1) is 13.3. The van der Waals surface area contributed by atoms with Gasteiger partial charge in [-0.05, 0) is 30.4 Å². The van der Waals surface area contributed by atoms with E-state index in [0.717, 1.165) is 36.6 Å². The van der Waals surface area contributed by atoms with E-state index >= 15 is 0 Å². The van der Waals surface area contributed by atoms with Crippen LogP contribution in [0.3, 0.4) is 0 Å². The van der Waals surface area contributed by atoms with Gasteiger partial charge < -0.3 is 0 Å². The molecule has 0 spiro atoms. The highest BCUT2D eigenvalue weighted by Crippen LogP contribution is 2.40. The van der Waals surface area contributed by atoms with Gasteiger partial charge in [-0.1, -0.05) is 50.6 Å². The van der Waals surface area contributed by atoms with E-state index in [1.807, 2.05) is 18.2 Å². The molecule has 0 aliphatic heterocycles. The van der Waals surface area contributed by atoms with Gasteiger partial charge >= 0.3 is 5.69 Å². The molecule has 1 aliphatic rings. The van der Waals surface area contributed by atoms with Gasteiger partial charge in [0, 0.05) is 11.5 Å². The second kappa shape index (κ2) is 7.75. The predicted molar refractivity (Wildman–Crippen MR) is 108 cm³/mol. The third-order valence-corrected chi connectivity index (χ3v) is 5.44. The molecule has 8 nitrogen and oxygen atoms in total. The molecular weight excluding hydrogens is 360 g/mol. The van der Waals surface area contributed by atoms with Crippen LogP contribution >= 0.6 is 0 Å². The maximum Gasteiger partial charge on any atom is 0.301 e. The van der Waals surface area contributed by atoms with Crippen LogP contribution in [0, 0.1) is 26.1 Å². The van der Waals surface area contributed by atoms with E-state index in [9.17, 15) is 20.2 Å². The van der Waals surface area contributed by atoms with Crippen LogP contribution < -0.4 is 5.43 Å². The minimum atomic E-state index is -0.654. The second-order valence-corrected chi connectivity index (χ2v) is 7.32. The van der Waals surface area contributed by atoms with E-state index in [4.69, 9.17) is 0 Å². The molecule has 0 radical (unpaired) electrons. The average molecular weight is 382 g/mol. The van der Waals surface area contributed by atoms with Crippen LogP contribution in [-0.2, 0) is 5.41 Å². The number of nitrogens with one attached hydrogen (secondary N) is 1. The predicted octanol–water partition coefficient (Wildman–Crippen LogP) is 5.05. The van der Waals surface area contributed by atoms with E-state index in [1.54, 1.807) is 0 Å². The van der Waals surface area contributed by atoms with Crippen LogP contribution in [0.25, 0.3) is 0 Å². The molecule has 1 fully saturated rings. The molecule has 3 rings (SSSR count). The molecule has 8 heteroatoms. The maximum atomic E-state index is 11.4. The molecule has 1 aliphatic carbocycles. The van der Waals surface area contributed by atoms with Crippen molar-refractivity contribution in [2.24, 2.45) is 11.0 Å². The minimum Gasteiger partial charge on any atom is -0.272 e. The van der Waals surface area contributed by atoms with Crippen LogP contribution in [0.15, 0.2) is 53.6 Å². The van der Waals surface area contributed by atoms with Gasteiger partial charge in [0.25, 0.3) is 5.69 Å². The summed E-state index contributed by atoms with van der Waals surface area (Å²) in [4.78, 5) is 21.0. The van der Waals surface area contributed by atoms with Crippen molar-refractivity contribution in [2.45, 2.75) is 38.5 Å². The van der Waals surface area contributed by atoms with E-state index in [-0.39, 0.29) is 28.4 Å². The quantitative estimate of drug-likeness (QED) is 0.574. The first-order valence-corrected chi connectivity index (χ1v) is 9.15. The van der Waals surface area contributed by atoms with Crippen molar-refractivity contribution in [2.75, 3.05) is 5.43 Å². The lowest BCUT2D eigenvalue weighted by Gasteiger charge is -2.39. The molecular formula is C20H22N4O4. The van der Waals surface area contributed by atoms with Crippen LogP contribution in [0.4, 0.5) is 17.1 Å². The number of anilines is 1. The summed E-state index contributed by atoms with van der Waals surface area (Å²) in [7, 11) is 0. The Morgan fingerprint density at radius 3 is 2.46 bits per heavy atom. The standard InChI is InChI=1S/C20H22N4O4/c1-14-7-6-12-20(2,15-8-4-3-5-9-15)19(14)22-21-17-11-10-16(23(25)26)13-18(17)24(27)28/h3-5,8-11,13-14,21H,6-7,12H2,1-2H3/b22-19+. The number of hydrogen-bond donors (Lipinski definition) is 1. The topological polar surface area (TPSA) is 111 Å². The molecule has 0 heterocycles. The maximum absolute atomic E-state index is 11.4. The fourth-order valence-electron chi connectivity index (χ4n) is 3.90. The number of benzene rings is 2. The minimum absolute atomic E-state index is 0.135. The smallest absolute Gasteiger partial charge is 0.272 e. The monoisotopic (exact) mass is 382 g/mol. The molecule has 2 atom stereocenters. The van der Waals surface area contributed by atoms with Gasteiger partial charge in [0.15, 0.2) is 0 Å². The summed E-state index contributed by atoms with van der Waals surface area (Å²) in [5.41, 5.74) is 4.05. The van der Waals surface area contributed by atoms with E-state index in [0.29, 0.717) is 0 Å². The summed E-state index contributed by atoms with van der Waals surface area (Å²) in [6.07, 6.45) is 3.00. The summed E-state index contributed by atoms with van der Waals surface area (Å²) in [5.74, 6) is 0.212. The Labute approximate surface area is 162 Å². The Hall–Kier alpha value is -3.29. The fourth-order valence-corrected chi connectivity index (χ4v) is 3.90. The van der Waals surface area contributed by atoms with Gasteiger partial charge in [-0.2, -0.15) is 5.10 Å². The summed E-state index contributed by atoms with van der Waals surface area (Å²) in [5, 5.41) is 26.8. The van der Waals surface area contributed by atoms with Crippen LogP contribution in [0.2, 0.25) is 0 Å². The highest BCUT2D eigenvalue weighted by Gasteiger charge is 2.38. The normalized spacial score (nSPS) is 23.4. The van der Waals surface area contributed by atoms with Crippen LogP contribution in [0.5, 0.6) is 0 Å². The second-order valence-electron chi connectivity index (χ2n) is 7.32. The first-order valence-electron chi connectivity index (χ1n) is 9.15. The molecule has 0 amide bonds. The molecule has 28 heavy (non-hydrogen) atoms. The molecule has 2 aromatic carbocycles. The van der Waals surface area contributed by atoms with Gasteiger partial charge in [-0.15, -0.1) is 0 Å². The first kappa shape index (κ1) is 19.5. The number of nitro groups is 2. The number of rotatable bonds is 5.